The minimum Gasteiger partial charge on any atom is -0.481 e. The van der Waals surface area contributed by atoms with E-state index in [1.165, 1.54) is 42.5 Å². The number of aromatic nitrogens is 2. The van der Waals surface area contributed by atoms with Crippen LogP contribution in [0, 0.1) is 12.8 Å². The fraction of sp³-hybridized carbons (Fsp3) is 0.448. The maximum atomic E-state index is 11.7. The van der Waals surface area contributed by atoms with Gasteiger partial charge in [-0.15, -0.1) is 0 Å². The van der Waals surface area contributed by atoms with Gasteiger partial charge in [0.2, 0.25) is 0 Å². The highest BCUT2D eigenvalue weighted by atomic mass is 16.4. The van der Waals surface area contributed by atoms with Crippen LogP contribution in [0.2, 0.25) is 0 Å². The molecule has 0 saturated carbocycles. The Balaban J connectivity index is 1.20. The Labute approximate surface area is 208 Å². The second-order valence-electron chi connectivity index (χ2n) is 10.3. The highest BCUT2D eigenvalue weighted by molar-refractivity contribution is 5.68. The molecule has 3 aromatic rings. The van der Waals surface area contributed by atoms with E-state index in [2.05, 4.69) is 45.6 Å². The van der Waals surface area contributed by atoms with Crippen molar-refractivity contribution >= 4 is 11.7 Å². The first-order chi connectivity index (χ1) is 17.0. The van der Waals surface area contributed by atoms with Crippen LogP contribution in [0.4, 0.5) is 5.69 Å². The van der Waals surface area contributed by atoms with E-state index in [9.17, 15) is 9.90 Å². The SMILES string of the molecule is Cc1ccn(-c2cccc(C(CC(=O)O)CN3CCC(CCc4ccc5c(c4)NCCC5)C3)c2)n1. The standard InChI is InChI=1S/C29H36N4O2/c1-21-11-15-33(31-21)27-6-2-4-25(17-27)26(18-29(34)35)20-32-14-12-23(19-32)8-7-22-9-10-24-5-3-13-30-28(24)16-22/h2,4,6,9-11,15-17,23,26,30H,3,5,7-8,12-14,18-20H2,1H3,(H,34,35). The van der Waals surface area contributed by atoms with Crippen LogP contribution in [0.15, 0.2) is 54.7 Å². The van der Waals surface area contributed by atoms with Crippen molar-refractivity contribution in [3.05, 3.63) is 77.1 Å². The molecule has 2 unspecified atom stereocenters. The number of aliphatic carboxylic acids is 1. The highest BCUT2D eigenvalue weighted by Crippen LogP contribution is 2.29. The molecule has 1 aromatic heterocycles. The quantitative estimate of drug-likeness (QED) is 0.456. The molecule has 2 aromatic carbocycles. The fourth-order valence-corrected chi connectivity index (χ4v) is 5.64. The fourth-order valence-electron chi connectivity index (χ4n) is 5.64. The monoisotopic (exact) mass is 472 g/mol. The number of aryl methyl sites for hydroxylation is 3. The number of nitrogens with zero attached hydrogens (tertiary/aromatic N) is 3. The lowest BCUT2D eigenvalue weighted by atomic mass is 9.94. The number of nitrogens with one attached hydrogen (secondary N) is 1. The van der Waals surface area contributed by atoms with E-state index in [-0.39, 0.29) is 12.3 Å². The van der Waals surface area contributed by atoms with Crippen molar-refractivity contribution in [3.8, 4) is 5.69 Å². The molecule has 2 atom stereocenters. The molecule has 2 N–H and O–H groups in total. The van der Waals surface area contributed by atoms with E-state index in [0.29, 0.717) is 5.92 Å². The third-order valence-corrected chi connectivity index (χ3v) is 7.55. The molecule has 6 nitrogen and oxygen atoms in total. The first kappa shape index (κ1) is 23.6. The summed E-state index contributed by atoms with van der Waals surface area (Å²) in [5.74, 6) is -0.107. The summed E-state index contributed by atoms with van der Waals surface area (Å²) in [6.45, 7) is 5.94. The number of benzene rings is 2. The number of fused-ring (bicyclic) bond motifs is 1. The van der Waals surface area contributed by atoms with Gasteiger partial charge in [-0.25, -0.2) is 4.68 Å². The van der Waals surface area contributed by atoms with Gasteiger partial charge >= 0.3 is 5.97 Å². The van der Waals surface area contributed by atoms with Crippen LogP contribution in [0.5, 0.6) is 0 Å². The summed E-state index contributed by atoms with van der Waals surface area (Å²) >= 11 is 0. The maximum absolute atomic E-state index is 11.7. The Bertz CT molecular complexity index is 1170. The summed E-state index contributed by atoms with van der Waals surface area (Å²) in [6, 6.07) is 17.1. The van der Waals surface area contributed by atoms with E-state index in [1.807, 2.05) is 36.0 Å². The second-order valence-corrected chi connectivity index (χ2v) is 10.3. The molecule has 6 heteroatoms. The van der Waals surface area contributed by atoms with Crippen LogP contribution in [0.3, 0.4) is 0 Å². The van der Waals surface area contributed by atoms with Gasteiger partial charge in [-0.2, -0.15) is 5.10 Å². The minimum atomic E-state index is -0.743. The molecule has 5 rings (SSSR count). The minimum absolute atomic E-state index is 0.0328. The van der Waals surface area contributed by atoms with Gasteiger partial charge in [0.25, 0.3) is 0 Å². The van der Waals surface area contributed by atoms with Crippen molar-refractivity contribution in [2.45, 2.75) is 51.4 Å². The van der Waals surface area contributed by atoms with Gasteiger partial charge in [-0.1, -0.05) is 24.3 Å². The van der Waals surface area contributed by atoms with Crippen LogP contribution in [0.25, 0.3) is 5.69 Å². The molecule has 0 spiro atoms. The smallest absolute Gasteiger partial charge is 0.304 e. The number of carbonyl (C=O) groups is 1. The van der Waals surface area contributed by atoms with Crippen LogP contribution < -0.4 is 5.32 Å². The van der Waals surface area contributed by atoms with E-state index in [4.69, 9.17) is 0 Å². The number of carboxylic acids is 1. The normalized spacial score (nSPS) is 18.7. The largest absolute Gasteiger partial charge is 0.481 e. The van der Waals surface area contributed by atoms with Crippen molar-refractivity contribution in [3.63, 3.8) is 0 Å². The average Bonchev–Trinajstić information content (AvgIpc) is 3.51. The lowest BCUT2D eigenvalue weighted by molar-refractivity contribution is -0.137. The number of hydrogen-bond acceptors (Lipinski definition) is 4. The highest BCUT2D eigenvalue weighted by Gasteiger charge is 2.26. The molecule has 2 aliphatic heterocycles. The summed E-state index contributed by atoms with van der Waals surface area (Å²) < 4.78 is 1.86. The van der Waals surface area contributed by atoms with Crippen molar-refractivity contribution < 1.29 is 9.90 Å². The number of rotatable bonds is 9. The lowest BCUT2D eigenvalue weighted by Gasteiger charge is -2.24. The zero-order valence-electron chi connectivity index (χ0n) is 20.6. The Morgan fingerprint density at radius 1 is 1.23 bits per heavy atom. The molecular formula is C29H36N4O2. The second kappa shape index (κ2) is 10.6. The summed E-state index contributed by atoms with van der Waals surface area (Å²) in [7, 11) is 0. The number of anilines is 1. The summed E-state index contributed by atoms with van der Waals surface area (Å²) in [5, 5.41) is 17.7. The van der Waals surface area contributed by atoms with Gasteiger partial charge in [0.15, 0.2) is 0 Å². The van der Waals surface area contributed by atoms with Gasteiger partial charge in [-0.3, -0.25) is 4.79 Å². The van der Waals surface area contributed by atoms with Crippen LogP contribution >= 0.6 is 0 Å². The van der Waals surface area contributed by atoms with Gasteiger partial charge < -0.3 is 15.3 Å². The van der Waals surface area contributed by atoms with Crippen LogP contribution in [-0.4, -0.2) is 51.9 Å². The number of likely N-dealkylation sites (tertiary alicyclic amines) is 1. The first-order valence-corrected chi connectivity index (χ1v) is 13.0. The molecule has 0 aliphatic carbocycles. The molecule has 1 saturated heterocycles. The number of carboxylic acid groups (broad SMARTS) is 1. The molecule has 2 aliphatic rings. The van der Waals surface area contributed by atoms with E-state index in [0.717, 1.165) is 49.5 Å². The van der Waals surface area contributed by atoms with E-state index in [1.54, 1.807) is 0 Å². The van der Waals surface area contributed by atoms with Gasteiger partial charge in [0.1, 0.15) is 0 Å². The molecule has 0 bridgehead atoms. The van der Waals surface area contributed by atoms with E-state index >= 15 is 0 Å². The van der Waals surface area contributed by atoms with Crippen molar-refractivity contribution in [1.29, 1.82) is 0 Å². The molecule has 3 heterocycles. The van der Waals surface area contributed by atoms with Crippen LogP contribution in [0.1, 0.15) is 54.0 Å². The Morgan fingerprint density at radius 3 is 2.97 bits per heavy atom. The van der Waals surface area contributed by atoms with Crippen molar-refractivity contribution in [2.24, 2.45) is 5.92 Å². The zero-order chi connectivity index (χ0) is 24.2. The topological polar surface area (TPSA) is 70.4 Å². The first-order valence-electron chi connectivity index (χ1n) is 13.0. The third kappa shape index (κ3) is 5.93. The van der Waals surface area contributed by atoms with Crippen molar-refractivity contribution in [2.75, 3.05) is 31.5 Å². The third-order valence-electron chi connectivity index (χ3n) is 7.55. The molecule has 0 radical (unpaired) electrons. The average molecular weight is 473 g/mol. The summed E-state index contributed by atoms with van der Waals surface area (Å²) in [5.41, 5.74) is 7.21. The van der Waals surface area contributed by atoms with E-state index < -0.39 is 5.97 Å². The Hall–Kier alpha value is -3.12. The maximum Gasteiger partial charge on any atom is 0.304 e. The lowest BCUT2D eigenvalue weighted by Crippen LogP contribution is -2.28. The summed E-state index contributed by atoms with van der Waals surface area (Å²) in [4.78, 5) is 14.2. The van der Waals surface area contributed by atoms with Gasteiger partial charge in [0, 0.05) is 37.4 Å². The molecule has 0 amide bonds. The van der Waals surface area contributed by atoms with Gasteiger partial charge in [-0.05, 0) is 92.4 Å². The van der Waals surface area contributed by atoms with Crippen LogP contribution in [-0.2, 0) is 17.6 Å². The molecular weight excluding hydrogens is 436 g/mol. The zero-order valence-corrected chi connectivity index (χ0v) is 20.6. The van der Waals surface area contributed by atoms with Gasteiger partial charge in [0.05, 0.1) is 17.8 Å². The number of hydrogen-bond donors (Lipinski definition) is 2. The Morgan fingerprint density at radius 2 is 2.14 bits per heavy atom. The predicted octanol–water partition coefficient (Wildman–Crippen LogP) is 5.05. The predicted molar refractivity (Wildman–Crippen MR) is 139 cm³/mol. The summed E-state index contributed by atoms with van der Waals surface area (Å²) in [6.07, 6.45) is 7.98. The Kier molecular flexibility index (Phi) is 7.19. The molecule has 1 fully saturated rings. The molecule has 35 heavy (non-hydrogen) atoms. The molecule has 184 valence electrons. The van der Waals surface area contributed by atoms with Crippen molar-refractivity contribution in [1.82, 2.24) is 14.7 Å².